The number of methoxy groups -OCH3 is 1. The number of thioether (sulfide) groups is 1. The highest BCUT2D eigenvalue weighted by molar-refractivity contribution is 8.18. The number of nitrogens with one attached hydrogen (secondary N) is 1. The van der Waals surface area contributed by atoms with Gasteiger partial charge in [0.15, 0.2) is 11.5 Å². The van der Waals surface area contributed by atoms with Gasteiger partial charge in [-0.25, -0.2) is 4.79 Å². The lowest BCUT2D eigenvalue weighted by Gasteiger charge is -2.21. The first-order chi connectivity index (χ1) is 27.9. The van der Waals surface area contributed by atoms with Gasteiger partial charge in [-0.1, -0.05) is 18.2 Å². The van der Waals surface area contributed by atoms with Crippen LogP contribution in [-0.2, 0) is 41.3 Å². The maximum Gasteiger partial charge on any atom is 0.420 e. The number of piperidine rings is 1. The van der Waals surface area contributed by atoms with Crippen LogP contribution in [0, 0.1) is 11.3 Å². The molecular formula is C39H36F3N5O10S. The van der Waals surface area contributed by atoms with Crippen molar-refractivity contribution < 1.29 is 56.0 Å². The number of imide groups is 2. The highest BCUT2D eigenvalue weighted by Crippen LogP contribution is 2.41. The number of hydrogen-bond acceptors (Lipinski definition) is 12. The molecule has 3 aromatic carbocycles. The van der Waals surface area contributed by atoms with E-state index in [1.165, 1.54) is 46.6 Å². The number of halogens is 3. The second kappa shape index (κ2) is 18.5. The number of alkyl halides is 3. The monoisotopic (exact) mass is 823 g/mol. The number of para-hydroxylation sites is 2. The Morgan fingerprint density at radius 1 is 0.862 bits per heavy atom. The molecule has 2 fully saturated rings. The maximum atomic E-state index is 13.6. The zero-order chi connectivity index (χ0) is 41.4. The average molecular weight is 824 g/mol. The van der Waals surface area contributed by atoms with E-state index < -0.39 is 40.6 Å². The van der Waals surface area contributed by atoms with E-state index in [0.29, 0.717) is 22.7 Å². The van der Waals surface area contributed by atoms with E-state index in [0.717, 1.165) is 22.7 Å². The molecule has 0 saturated carbocycles. The second-order valence-corrected chi connectivity index (χ2v) is 13.8. The molecule has 0 bridgehead atoms. The van der Waals surface area contributed by atoms with Crippen molar-refractivity contribution in [2.24, 2.45) is 0 Å². The van der Waals surface area contributed by atoms with Crippen molar-refractivity contribution in [2.45, 2.75) is 31.6 Å². The SMILES string of the molecule is COc1cc(/C=C2\SC(=O)N(CCOCCOCCOCCn3c(=O)n(C4CCC(=O)NC4=O)c4ccccc43)C2=O)ccc1Oc1ccc(C#N)cc1C(F)(F)F. The van der Waals surface area contributed by atoms with Gasteiger partial charge < -0.3 is 23.7 Å². The number of imidazole rings is 1. The summed E-state index contributed by atoms with van der Waals surface area (Å²) in [6.07, 6.45) is -2.94. The van der Waals surface area contributed by atoms with Crippen molar-refractivity contribution in [2.75, 3.05) is 53.3 Å². The van der Waals surface area contributed by atoms with Crippen molar-refractivity contribution in [1.29, 1.82) is 5.26 Å². The highest BCUT2D eigenvalue weighted by Gasteiger charge is 2.36. The summed E-state index contributed by atoms with van der Waals surface area (Å²) in [7, 11) is 1.30. The first-order valence-electron chi connectivity index (χ1n) is 17.9. The third-order valence-electron chi connectivity index (χ3n) is 9.05. The van der Waals surface area contributed by atoms with Crippen LogP contribution in [-0.4, -0.2) is 90.3 Å². The fourth-order valence-corrected chi connectivity index (χ4v) is 7.13. The number of carbonyl (C=O) groups is 4. The summed E-state index contributed by atoms with van der Waals surface area (Å²) in [5.74, 6) is -1.91. The minimum atomic E-state index is -4.78. The lowest BCUT2D eigenvalue weighted by molar-refractivity contribution is -0.139. The lowest BCUT2D eigenvalue weighted by Crippen LogP contribution is -2.44. The molecule has 0 spiro atoms. The van der Waals surface area contributed by atoms with Crippen LogP contribution < -0.4 is 20.5 Å². The summed E-state index contributed by atoms with van der Waals surface area (Å²) in [5, 5.41) is 10.8. The Morgan fingerprint density at radius 2 is 1.53 bits per heavy atom. The van der Waals surface area contributed by atoms with Crippen LogP contribution in [0.4, 0.5) is 18.0 Å². The van der Waals surface area contributed by atoms with Crippen LogP contribution in [0.2, 0.25) is 0 Å². The normalized spacial score (nSPS) is 16.6. The van der Waals surface area contributed by atoms with Gasteiger partial charge in [-0.3, -0.25) is 38.5 Å². The standard InChI is InChI=1S/C39H36F3N5O10S/c1-53-32-21-24(6-10-31(32)57-30-9-7-25(23-43)20-26(30)39(40,41)42)22-33-36(50)46(38(52)58-33)13-15-55-17-19-56-18-16-54-14-12-45-27-4-2-3-5-28(27)47(37(45)51)29-8-11-34(48)44-35(29)49/h2-7,9-10,20-22,29H,8,11-19H2,1H3,(H,44,48,49)/b33-22-. The molecule has 1 N–H and O–H groups in total. The molecule has 1 aromatic heterocycles. The van der Waals surface area contributed by atoms with E-state index in [2.05, 4.69) is 5.32 Å². The highest BCUT2D eigenvalue weighted by atomic mass is 32.2. The quantitative estimate of drug-likeness (QED) is 0.0831. The zero-order valence-corrected chi connectivity index (χ0v) is 31.7. The maximum absolute atomic E-state index is 13.6. The summed E-state index contributed by atoms with van der Waals surface area (Å²) in [5.41, 5.74) is -0.0202. The molecular weight excluding hydrogens is 788 g/mol. The molecule has 0 radical (unpaired) electrons. The molecule has 0 aliphatic carbocycles. The summed E-state index contributed by atoms with van der Waals surface area (Å²) < 4.78 is 71.4. The number of carbonyl (C=O) groups excluding carboxylic acids is 4. The first-order valence-corrected chi connectivity index (χ1v) is 18.7. The summed E-state index contributed by atoms with van der Waals surface area (Å²) in [6.45, 7) is 1.37. The van der Waals surface area contributed by atoms with Gasteiger partial charge in [0.2, 0.25) is 11.8 Å². The van der Waals surface area contributed by atoms with E-state index in [9.17, 15) is 37.1 Å². The van der Waals surface area contributed by atoms with Gasteiger partial charge in [0.05, 0.1) is 93.0 Å². The van der Waals surface area contributed by atoms with E-state index in [4.69, 9.17) is 28.9 Å². The number of hydrogen-bond donors (Lipinski definition) is 1. The Kier molecular flexibility index (Phi) is 13.3. The minimum absolute atomic E-state index is 0.00727. The Bertz CT molecular complexity index is 2350. The fourth-order valence-electron chi connectivity index (χ4n) is 6.26. The van der Waals surface area contributed by atoms with Crippen LogP contribution in [0.3, 0.4) is 0 Å². The van der Waals surface area contributed by atoms with Crippen molar-refractivity contribution in [1.82, 2.24) is 19.4 Å². The number of amides is 4. The largest absolute Gasteiger partial charge is 0.493 e. The van der Waals surface area contributed by atoms with Gasteiger partial charge in [0, 0.05) is 6.42 Å². The molecule has 2 saturated heterocycles. The van der Waals surface area contributed by atoms with Gasteiger partial charge >= 0.3 is 11.9 Å². The molecule has 2 aliphatic heterocycles. The summed E-state index contributed by atoms with van der Waals surface area (Å²) in [6, 6.07) is 15.2. The molecule has 4 aromatic rings. The number of ether oxygens (including phenoxy) is 5. The van der Waals surface area contributed by atoms with Crippen molar-refractivity contribution >= 4 is 51.8 Å². The Balaban J connectivity index is 0.911. The number of nitriles is 1. The fraction of sp³-hybridized carbons (Fsp3) is 0.333. The number of benzene rings is 3. The summed E-state index contributed by atoms with van der Waals surface area (Å²) >= 11 is 0.728. The smallest absolute Gasteiger partial charge is 0.420 e. The van der Waals surface area contributed by atoms with E-state index >= 15 is 0 Å². The van der Waals surface area contributed by atoms with Gasteiger partial charge in [-0.05, 0) is 72.3 Å². The lowest BCUT2D eigenvalue weighted by atomic mass is 10.1. The van der Waals surface area contributed by atoms with E-state index in [1.54, 1.807) is 30.3 Å². The van der Waals surface area contributed by atoms with Gasteiger partial charge in [-0.15, -0.1) is 0 Å². The van der Waals surface area contributed by atoms with Gasteiger partial charge in [-0.2, -0.15) is 18.4 Å². The van der Waals surface area contributed by atoms with Crippen molar-refractivity contribution in [3.63, 3.8) is 0 Å². The predicted octanol–water partition coefficient (Wildman–Crippen LogP) is 5.26. The number of rotatable bonds is 17. The number of fused-ring (bicyclic) bond motifs is 1. The molecule has 1 atom stereocenters. The molecule has 15 nitrogen and oxygen atoms in total. The third kappa shape index (κ3) is 9.59. The van der Waals surface area contributed by atoms with Crippen LogP contribution in [0.1, 0.15) is 35.6 Å². The molecule has 6 rings (SSSR count). The van der Waals surface area contributed by atoms with Crippen molar-refractivity contribution in [3.05, 3.63) is 92.7 Å². The molecule has 304 valence electrons. The summed E-state index contributed by atoms with van der Waals surface area (Å²) in [4.78, 5) is 64.2. The van der Waals surface area contributed by atoms with E-state index in [1.807, 2.05) is 0 Å². The Morgan fingerprint density at radius 3 is 2.21 bits per heavy atom. The molecule has 58 heavy (non-hydrogen) atoms. The molecule has 1 unspecified atom stereocenters. The van der Waals surface area contributed by atoms with Crippen molar-refractivity contribution in [3.8, 4) is 23.3 Å². The van der Waals surface area contributed by atoms with E-state index in [-0.39, 0.29) is 99.1 Å². The first kappa shape index (κ1) is 41.7. The van der Waals surface area contributed by atoms with Gasteiger partial charge in [0.25, 0.3) is 11.1 Å². The van der Waals surface area contributed by atoms with Crippen LogP contribution >= 0.6 is 11.8 Å². The topological polar surface area (TPSA) is 180 Å². The van der Waals surface area contributed by atoms with Crippen LogP contribution in [0.5, 0.6) is 17.2 Å². The van der Waals surface area contributed by atoms with Crippen LogP contribution in [0.15, 0.2) is 70.4 Å². The van der Waals surface area contributed by atoms with Gasteiger partial charge in [0.1, 0.15) is 11.8 Å². The molecule has 3 heterocycles. The zero-order valence-electron chi connectivity index (χ0n) is 30.9. The predicted molar refractivity (Wildman–Crippen MR) is 202 cm³/mol. The average Bonchev–Trinajstić information content (AvgIpc) is 3.63. The van der Waals surface area contributed by atoms with Crippen LogP contribution in [0.25, 0.3) is 17.1 Å². The molecule has 4 amide bonds. The Hall–Kier alpha value is -5.94. The third-order valence-corrected chi connectivity index (χ3v) is 9.95. The minimum Gasteiger partial charge on any atom is -0.493 e. The molecule has 2 aliphatic rings. The number of nitrogens with zero attached hydrogens (tertiary/aromatic N) is 4. The number of aromatic nitrogens is 2. The Labute approximate surface area is 332 Å². The second-order valence-electron chi connectivity index (χ2n) is 12.8. The molecule has 19 heteroatoms.